The van der Waals surface area contributed by atoms with Gasteiger partial charge in [0.25, 0.3) is 0 Å². The van der Waals surface area contributed by atoms with E-state index in [9.17, 15) is 9.46 Å². The fraction of sp³-hybridized carbons (Fsp3) is 0.933. The van der Waals surface area contributed by atoms with E-state index in [1.165, 1.54) is 109 Å². The van der Waals surface area contributed by atoms with Crippen LogP contribution in [0.25, 0.3) is 0 Å². The number of unbranched alkanes of at least 4 members (excludes halogenated alkanes) is 18. The lowest BCUT2D eigenvalue weighted by Gasteiger charge is -2.35. The summed E-state index contributed by atoms with van der Waals surface area (Å²) >= 11 is 0. The molecule has 2 atom stereocenters. The molecule has 0 aliphatic heterocycles. The quantitative estimate of drug-likeness (QED) is 0.0538. The number of hydrogen-bond acceptors (Lipinski definition) is 2. The maximum absolute atomic E-state index is 12.7. The summed E-state index contributed by atoms with van der Waals surface area (Å²) in [4.78, 5) is 10.4. The van der Waals surface area contributed by atoms with E-state index in [2.05, 4.69) is 26.0 Å². The molecule has 2 unspecified atom stereocenters. The third-order valence-electron chi connectivity index (χ3n) is 7.09. The highest BCUT2D eigenvalue weighted by atomic mass is 31.2. The van der Waals surface area contributed by atoms with E-state index in [1.54, 1.807) is 0 Å². The molecule has 0 bridgehead atoms. The number of rotatable bonds is 26. The van der Waals surface area contributed by atoms with Crippen molar-refractivity contribution in [3.05, 3.63) is 12.2 Å². The summed E-state index contributed by atoms with van der Waals surface area (Å²) in [5, 5.41) is 0. The highest BCUT2D eigenvalue weighted by molar-refractivity contribution is 7.53. The lowest BCUT2D eigenvalue weighted by molar-refractivity contribution is -0.883. The van der Waals surface area contributed by atoms with E-state index in [1.807, 2.05) is 21.1 Å². The largest absolute Gasteiger partial charge is 0.385 e. The van der Waals surface area contributed by atoms with Crippen LogP contribution < -0.4 is 0 Å². The van der Waals surface area contributed by atoms with Gasteiger partial charge in [0.2, 0.25) is 0 Å². The summed E-state index contributed by atoms with van der Waals surface area (Å²) in [6.45, 7) is 4.57. The molecular formula is C30H63NO3P+. The number of allylic oxidation sites excluding steroid dienone is 2. The molecule has 0 aliphatic carbocycles. The molecule has 0 aromatic rings. The van der Waals surface area contributed by atoms with Crippen molar-refractivity contribution in [1.29, 1.82) is 0 Å². The molecule has 0 spiro atoms. The van der Waals surface area contributed by atoms with Gasteiger partial charge in [-0.2, -0.15) is 0 Å². The molecule has 0 radical (unpaired) electrons. The van der Waals surface area contributed by atoms with Crippen LogP contribution in [0.2, 0.25) is 0 Å². The Morgan fingerprint density at radius 2 is 1.09 bits per heavy atom. The highest BCUT2D eigenvalue weighted by Gasteiger charge is 2.41. The minimum atomic E-state index is -3.57. The lowest BCUT2D eigenvalue weighted by atomic mass is 10.0. The first kappa shape index (κ1) is 34.9. The molecule has 0 fully saturated rings. The highest BCUT2D eigenvalue weighted by Crippen LogP contribution is 2.51. The van der Waals surface area contributed by atoms with E-state index in [4.69, 9.17) is 4.52 Å². The van der Waals surface area contributed by atoms with Crippen LogP contribution in [0.15, 0.2) is 12.2 Å². The summed E-state index contributed by atoms with van der Waals surface area (Å²) in [5.74, 6) is -0.333. The Balaban J connectivity index is 3.41. The van der Waals surface area contributed by atoms with Crippen molar-refractivity contribution in [2.45, 2.75) is 154 Å². The summed E-state index contributed by atoms with van der Waals surface area (Å²) in [7, 11) is 2.36. The zero-order chi connectivity index (χ0) is 26.3. The van der Waals surface area contributed by atoms with Gasteiger partial charge in [-0.1, -0.05) is 122 Å². The van der Waals surface area contributed by atoms with E-state index < -0.39 is 7.60 Å². The molecule has 0 rings (SSSR count). The van der Waals surface area contributed by atoms with Crippen LogP contribution in [0.3, 0.4) is 0 Å². The average molecular weight is 517 g/mol. The molecular weight excluding hydrogens is 453 g/mol. The van der Waals surface area contributed by atoms with Crippen LogP contribution in [0.5, 0.6) is 0 Å². The molecule has 0 heterocycles. The van der Waals surface area contributed by atoms with Crippen LogP contribution in [-0.2, 0) is 9.09 Å². The van der Waals surface area contributed by atoms with Gasteiger partial charge in [-0.05, 0) is 32.6 Å². The van der Waals surface area contributed by atoms with E-state index in [0.29, 0.717) is 11.1 Å². The second-order valence-corrected chi connectivity index (χ2v) is 13.5. The van der Waals surface area contributed by atoms with E-state index >= 15 is 0 Å². The Kier molecular flexibility index (Phi) is 22.9. The van der Waals surface area contributed by atoms with Crippen LogP contribution in [-0.4, -0.2) is 42.9 Å². The number of quaternary nitrogens is 1. The zero-order valence-electron chi connectivity index (χ0n) is 24.4. The van der Waals surface area contributed by atoms with Gasteiger partial charge in [-0.3, -0.25) is 4.57 Å². The van der Waals surface area contributed by atoms with Crippen molar-refractivity contribution >= 4 is 7.60 Å². The van der Waals surface area contributed by atoms with Gasteiger partial charge in [0.05, 0.1) is 27.7 Å². The van der Waals surface area contributed by atoms with Crippen molar-refractivity contribution in [1.82, 2.24) is 0 Å². The maximum atomic E-state index is 12.7. The molecule has 0 aromatic heterocycles. The fourth-order valence-electron chi connectivity index (χ4n) is 4.89. The summed E-state index contributed by atoms with van der Waals surface area (Å²) in [5.41, 5.74) is 0. The second kappa shape index (κ2) is 23.0. The smallest absolute Gasteiger partial charge is 0.320 e. The molecule has 0 amide bonds. The third-order valence-corrected chi connectivity index (χ3v) is 9.35. The molecule has 0 aromatic carbocycles. The number of nitrogens with zero attached hydrogens (tertiary/aromatic N) is 1. The molecule has 0 saturated carbocycles. The third kappa shape index (κ3) is 21.6. The fourth-order valence-corrected chi connectivity index (χ4v) is 6.91. The van der Waals surface area contributed by atoms with Crippen LogP contribution >= 0.6 is 7.60 Å². The van der Waals surface area contributed by atoms with Gasteiger partial charge in [0, 0.05) is 6.42 Å². The van der Waals surface area contributed by atoms with Gasteiger partial charge in [-0.15, -0.1) is 0 Å². The normalized spacial score (nSPS) is 15.0. The van der Waals surface area contributed by atoms with Crippen molar-refractivity contribution in [3.63, 3.8) is 0 Å². The Labute approximate surface area is 220 Å². The van der Waals surface area contributed by atoms with Crippen molar-refractivity contribution in [3.8, 4) is 0 Å². The van der Waals surface area contributed by atoms with Gasteiger partial charge in [0.15, 0.2) is 5.78 Å². The Hall–Kier alpha value is -0.150. The second-order valence-electron chi connectivity index (χ2n) is 11.5. The topological polar surface area (TPSA) is 46.5 Å². The minimum absolute atomic E-state index is 0.333. The van der Waals surface area contributed by atoms with Crippen LogP contribution in [0.1, 0.15) is 149 Å². The standard InChI is InChI=1S/C30H62NO3P/c1-6-8-9-10-11-12-13-14-15-16-17-18-19-20-21-22-23-24-25-26-27-29-34-35(32,33)30(28-7-2)31(3,4)5/h6,8,30H,7,9-29H2,1-5H3/p+1. The van der Waals surface area contributed by atoms with Crippen molar-refractivity contribution in [2.75, 3.05) is 27.7 Å². The Morgan fingerprint density at radius 1 is 0.714 bits per heavy atom. The molecule has 35 heavy (non-hydrogen) atoms. The van der Waals surface area contributed by atoms with E-state index in [-0.39, 0.29) is 5.78 Å². The Bertz CT molecular complexity index is 530. The first-order valence-electron chi connectivity index (χ1n) is 15.1. The monoisotopic (exact) mass is 516 g/mol. The molecule has 1 N–H and O–H groups in total. The zero-order valence-corrected chi connectivity index (χ0v) is 25.3. The van der Waals surface area contributed by atoms with E-state index in [0.717, 1.165) is 25.7 Å². The predicted molar refractivity (Wildman–Crippen MR) is 155 cm³/mol. The average Bonchev–Trinajstić information content (AvgIpc) is 2.80. The first-order valence-corrected chi connectivity index (χ1v) is 16.8. The van der Waals surface area contributed by atoms with Crippen molar-refractivity contribution in [2.24, 2.45) is 0 Å². The summed E-state index contributed by atoms with van der Waals surface area (Å²) in [6, 6.07) is 0. The SMILES string of the molecule is CC=CCCCCCCCCCCCCCCCCCCCCOP(=O)(O)C(CCC)[N+](C)(C)C. The van der Waals surface area contributed by atoms with Gasteiger partial charge in [-0.25, -0.2) is 0 Å². The summed E-state index contributed by atoms with van der Waals surface area (Å²) in [6.07, 6.45) is 31.5. The van der Waals surface area contributed by atoms with Crippen LogP contribution in [0.4, 0.5) is 0 Å². The maximum Gasteiger partial charge on any atom is 0.385 e. The molecule has 210 valence electrons. The van der Waals surface area contributed by atoms with Crippen LogP contribution in [0, 0.1) is 0 Å². The number of hydrogen-bond donors (Lipinski definition) is 1. The predicted octanol–water partition coefficient (Wildman–Crippen LogP) is 10.0. The van der Waals surface area contributed by atoms with Gasteiger partial charge in [0.1, 0.15) is 0 Å². The van der Waals surface area contributed by atoms with Gasteiger partial charge >= 0.3 is 7.60 Å². The molecule has 5 heteroatoms. The molecule has 4 nitrogen and oxygen atoms in total. The Morgan fingerprint density at radius 3 is 1.43 bits per heavy atom. The minimum Gasteiger partial charge on any atom is -0.320 e. The molecule has 0 saturated heterocycles. The van der Waals surface area contributed by atoms with Crippen molar-refractivity contribution < 1.29 is 18.5 Å². The van der Waals surface area contributed by atoms with Gasteiger partial charge < -0.3 is 13.9 Å². The first-order chi connectivity index (χ1) is 16.8. The lowest BCUT2D eigenvalue weighted by Crippen LogP contribution is -2.45. The molecule has 0 aliphatic rings. The summed E-state index contributed by atoms with van der Waals surface area (Å²) < 4.78 is 18.7.